The third kappa shape index (κ3) is 5.64. The molecular formula is C25H23N3O6S2. The highest BCUT2D eigenvalue weighted by molar-refractivity contribution is 7.92. The molecular weight excluding hydrogens is 502 g/mol. The number of carbonyl (C=O) groups is 2. The molecule has 4 rings (SSSR count). The second-order valence-corrected chi connectivity index (χ2v) is 10.2. The molecule has 1 aromatic heterocycles. The van der Waals surface area contributed by atoms with E-state index in [0.717, 1.165) is 4.70 Å². The van der Waals surface area contributed by atoms with Crippen LogP contribution >= 0.6 is 11.3 Å². The number of methoxy groups -OCH3 is 1. The number of carbonyl (C=O) groups excluding carboxylic acids is 2. The minimum absolute atomic E-state index is 0.104. The summed E-state index contributed by atoms with van der Waals surface area (Å²) in [6, 6.07) is 19.4. The summed E-state index contributed by atoms with van der Waals surface area (Å²) in [5, 5.41) is 0. The molecule has 36 heavy (non-hydrogen) atoms. The Morgan fingerprint density at radius 2 is 1.81 bits per heavy atom. The van der Waals surface area contributed by atoms with Gasteiger partial charge in [0.1, 0.15) is 12.3 Å². The van der Waals surface area contributed by atoms with Crippen LogP contribution in [0.1, 0.15) is 17.3 Å². The monoisotopic (exact) mass is 525 g/mol. The largest absolute Gasteiger partial charge is 0.494 e. The van der Waals surface area contributed by atoms with Crippen molar-refractivity contribution in [1.82, 2.24) is 4.57 Å². The first kappa shape index (κ1) is 25.1. The molecule has 0 fully saturated rings. The van der Waals surface area contributed by atoms with E-state index in [4.69, 9.17) is 9.47 Å². The van der Waals surface area contributed by atoms with Crippen LogP contribution < -0.4 is 14.3 Å². The molecule has 1 heterocycles. The van der Waals surface area contributed by atoms with Crippen LogP contribution in [0, 0.1) is 0 Å². The summed E-state index contributed by atoms with van der Waals surface area (Å²) in [5.41, 5.74) is 1.10. The molecule has 0 radical (unpaired) electrons. The third-order valence-corrected chi connectivity index (χ3v) is 7.53. The van der Waals surface area contributed by atoms with E-state index in [0.29, 0.717) is 22.7 Å². The van der Waals surface area contributed by atoms with Crippen molar-refractivity contribution >= 4 is 49.1 Å². The molecule has 0 saturated heterocycles. The first-order valence-corrected chi connectivity index (χ1v) is 13.2. The minimum atomic E-state index is -3.82. The number of aromatic nitrogens is 1. The van der Waals surface area contributed by atoms with Crippen molar-refractivity contribution in [1.29, 1.82) is 0 Å². The maximum Gasteiger partial charge on any atom is 0.325 e. The van der Waals surface area contributed by atoms with Crippen molar-refractivity contribution in [3.63, 3.8) is 0 Å². The number of nitrogens with zero attached hydrogens (tertiary/aromatic N) is 2. The highest BCUT2D eigenvalue weighted by atomic mass is 32.2. The summed E-state index contributed by atoms with van der Waals surface area (Å²) >= 11 is 1.23. The molecule has 0 aliphatic heterocycles. The molecule has 9 nitrogen and oxygen atoms in total. The van der Waals surface area contributed by atoms with Gasteiger partial charge in [-0.1, -0.05) is 35.6 Å². The van der Waals surface area contributed by atoms with Crippen molar-refractivity contribution < 1.29 is 27.5 Å². The normalized spacial score (nSPS) is 11.9. The lowest BCUT2D eigenvalue weighted by molar-refractivity contribution is -0.141. The lowest BCUT2D eigenvalue weighted by Gasteiger charge is -2.08. The number of hydrogen-bond acceptors (Lipinski definition) is 7. The molecule has 0 aliphatic rings. The average molecular weight is 526 g/mol. The maximum atomic E-state index is 13.1. The molecule has 0 atom stereocenters. The van der Waals surface area contributed by atoms with Gasteiger partial charge in [-0.15, -0.1) is 0 Å². The van der Waals surface area contributed by atoms with E-state index in [1.807, 2.05) is 13.0 Å². The van der Waals surface area contributed by atoms with Crippen LogP contribution in [0.4, 0.5) is 5.69 Å². The van der Waals surface area contributed by atoms with Crippen molar-refractivity contribution in [2.45, 2.75) is 18.4 Å². The van der Waals surface area contributed by atoms with Crippen LogP contribution in [0.3, 0.4) is 0 Å². The number of esters is 1. The van der Waals surface area contributed by atoms with Gasteiger partial charge in [0.05, 0.1) is 28.8 Å². The molecule has 0 bridgehead atoms. The van der Waals surface area contributed by atoms with Crippen LogP contribution in [-0.4, -0.2) is 38.6 Å². The Morgan fingerprint density at radius 1 is 1.03 bits per heavy atom. The molecule has 11 heteroatoms. The van der Waals surface area contributed by atoms with Gasteiger partial charge >= 0.3 is 5.97 Å². The van der Waals surface area contributed by atoms with Gasteiger partial charge in [-0.25, -0.2) is 8.42 Å². The Labute approximate surface area is 211 Å². The minimum Gasteiger partial charge on any atom is -0.494 e. The highest BCUT2D eigenvalue weighted by Gasteiger charge is 2.16. The first-order chi connectivity index (χ1) is 17.3. The Bertz CT molecular complexity index is 1590. The number of fused-ring (bicyclic) bond motifs is 1. The highest BCUT2D eigenvalue weighted by Crippen LogP contribution is 2.24. The van der Waals surface area contributed by atoms with Crippen LogP contribution in [0.5, 0.6) is 5.75 Å². The predicted octanol–water partition coefficient (Wildman–Crippen LogP) is 3.82. The second-order valence-electron chi connectivity index (χ2n) is 7.53. The number of rotatable bonds is 8. The van der Waals surface area contributed by atoms with Crippen LogP contribution in [0.2, 0.25) is 0 Å². The number of sulfonamides is 1. The second kappa shape index (κ2) is 10.8. The van der Waals surface area contributed by atoms with E-state index in [9.17, 15) is 18.0 Å². The molecule has 0 aliphatic carbocycles. The van der Waals surface area contributed by atoms with E-state index in [1.54, 1.807) is 47.0 Å². The van der Waals surface area contributed by atoms with Crippen molar-refractivity contribution in [2.75, 3.05) is 18.4 Å². The summed E-state index contributed by atoms with van der Waals surface area (Å²) in [7, 11) is -2.53. The van der Waals surface area contributed by atoms with Gasteiger partial charge in [0.15, 0.2) is 4.80 Å². The van der Waals surface area contributed by atoms with Gasteiger partial charge in [0.2, 0.25) is 0 Å². The predicted molar refractivity (Wildman–Crippen MR) is 137 cm³/mol. The van der Waals surface area contributed by atoms with E-state index < -0.39 is 21.9 Å². The summed E-state index contributed by atoms with van der Waals surface area (Å²) in [6.45, 7) is 2.25. The van der Waals surface area contributed by atoms with E-state index in [-0.39, 0.29) is 22.7 Å². The maximum absolute atomic E-state index is 13.1. The first-order valence-electron chi connectivity index (χ1n) is 10.9. The number of hydrogen-bond donors (Lipinski definition) is 1. The molecule has 186 valence electrons. The summed E-state index contributed by atoms with van der Waals surface area (Å²) < 4.78 is 40.5. The quantitative estimate of drug-likeness (QED) is 0.350. The van der Waals surface area contributed by atoms with Crippen LogP contribution in [0.15, 0.2) is 82.7 Å². The van der Waals surface area contributed by atoms with Crippen molar-refractivity contribution in [3.05, 3.63) is 83.2 Å². The zero-order valence-corrected chi connectivity index (χ0v) is 21.1. The number of ether oxygens (including phenoxy) is 2. The number of nitrogens with one attached hydrogen (secondary N) is 1. The fourth-order valence-electron chi connectivity index (χ4n) is 3.42. The van der Waals surface area contributed by atoms with Gasteiger partial charge in [-0.05, 0) is 55.5 Å². The van der Waals surface area contributed by atoms with Crippen LogP contribution in [-0.2, 0) is 26.1 Å². The third-order valence-electron chi connectivity index (χ3n) is 5.09. The Hall–Kier alpha value is -3.96. The fourth-order valence-corrected chi connectivity index (χ4v) is 5.55. The lowest BCUT2D eigenvalue weighted by atomic mass is 10.2. The molecule has 1 amide bonds. The molecule has 0 unspecified atom stereocenters. The average Bonchev–Trinajstić information content (AvgIpc) is 3.20. The van der Waals surface area contributed by atoms with Gasteiger partial charge in [-0.2, -0.15) is 4.99 Å². The van der Waals surface area contributed by atoms with Crippen LogP contribution in [0.25, 0.3) is 10.2 Å². The SMILES string of the molecule is CCOc1ccc2c(c1)sc(=NC(=O)c1cccc(NS(=O)(=O)c3ccccc3)c1)n2CC(=O)OC. The molecule has 4 aromatic rings. The van der Waals surface area contributed by atoms with Crippen molar-refractivity contribution in [3.8, 4) is 5.75 Å². The number of anilines is 1. The zero-order chi connectivity index (χ0) is 25.7. The Balaban J connectivity index is 1.70. The summed E-state index contributed by atoms with van der Waals surface area (Å²) in [6.07, 6.45) is 0. The smallest absolute Gasteiger partial charge is 0.325 e. The van der Waals surface area contributed by atoms with Gasteiger partial charge < -0.3 is 14.0 Å². The van der Waals surface area contributed by atoms with Gasteiger partial charge in [-0.3, -0.25) is 14.3 Å². The topological polar surface area (TPSA) is 116 Å². The van der Waals surface area contributed by atoms with Crippen molar-refractivity contribution in [2.24, 2.45) is 4.99 Å². The lowest BCUT2D eigenvalue weighted by Crippen LogP contribution is -2.22. The van der Waals surface area contributed by atoms with Gasteiger partial charge in [0, 0.05) is 11.3 Å². The van der Waals surface area contributed by atoms with E-state index >= 15 is 0 Å². The number of thiazole rings is 1. The molecule has 0 saturated carbocycles. The van der Waals surface area contributed by atoms with E-state index in [1.165, 1.54) is 42.7 Å². The number of benzene rings is 3. The Morgan fingerprint density at radius 3 is 2.53 bits per heavy atom. The Kier molecular flexibility index (Phi) is 7.51. The number of amides is 1. The molecule has 3 aromatic carbocycles. The summed E-state index contributed by atoms with van der Waals surface area (Å²) in [4.78, 5) is 29.7. The fraction of sp³-hybridized carbons (Fsp3) is 0.160. The molecule has 0 spiro atoms. The van der Waals surface area contributed by atoms with E-state index in [2.05, 4.69) is 9.71 Å². The molecule has 1 N–H and O–H groups in total. The standard InChI is InChI=1S/C25H23N3O6S2/c1-3-34-19-12-13-21-22(15-19)35-25(28(21)16-23(29)33-2)26-24(30)17-8-7-9-18(14-17)27-36(31,32)20-10-5-4-6-11-20/h4-15,27H,3,16H2,1-2H3. The zero-order valence-electron chi connectivity index (χ0n) is 19.5. The summed E-state index contributed by atoms with van der Waals surface area (Å²) in [5.74, 6) is -0.423. The van der Waals surface area contributed by atoms with Gasteiger partial charge in [0.25, 0.3) is 15.9 Å².